The van der Waals surface area contributed by atoms with Crippen LogP contribution >= 0.6 is 0 Å². The Kier molecular flexibility index (Phi) is 7.17. The van der Waals surface area contributed by atoms with Crippen molar-refractivity contribution >= 4 is 16.8 Å². The number of rotatable bonds is 7. The predicted octanol–water partition coefficient (Wildman–Crippen LogP) is 5.45. The van der Waals surface area contributed by atoms with Crippen molar-refractivity contribution in [3.63, 3.8) is 0 Å². The molecule has 0 unspecified atom stereocenters. The SMILES string of the molecule is COc1ccc(-c2[nH]c3ccc(C4CCN(C(=O)C[C@H](C)O)CC4)cc3c2C(C)C)cc1OC. The highest BCUT2D eigenvalue weighted by atomic mass is 16.5. The molecule has 0 aliphatic carbocycles. The normalized spacial score (nSPS) is 15.7. The number of amides is 1. The van der Waals surface area contributed by atoms with E-state index in [0.29, 0.717) is 23.3 Å². The van der Waals surface area contributed by atoms with Crippen LogP contribution in [-0.4, -0.2) is 54.3 Å². The lowest BCUT2D eigenvalue weighted by Gasteiger charge is -2.32. The van der Waals surface area contributed by atoms with Gasteiger partial charge >= 0.3 is 0 Å². The number of aliphatic hydroxyl groups excluding tert-OH is 1. The summed E-state index contributed by atoms with van der Waals surface area (Å²) in [6.45, 7) is 7.61. The van der Waals surface area contributed by atoms with Crippen molar-refractivity contribution < 1.29 is 19.4 Å². The van der Waals surface area contributed by atoms with Gasteiger partial charge in [0.1, 0.15) is 0 Å². The van der Waals surface area contributed by atoms with Gasteiger partial charge in [-0.25, -0.2) is 0 Å². The molecule has 3 aromatic rings. The van der Waals surface area contributed by atoms with E-state index in [1.165, 1.54) is 16.5 Å². The molecule has 2 heterocycles. The van der Waals surface area contributed by atoms with Crippen LogP contribution in [0.25, 0.3) is 22.2 Å². The monoisotopic (exact) mass is 464 g/mol. The minimum absolute atomic E-state index is 0.0520. The van der Waals surface area contributed by atoms with Gasteiger partial charge in [0.25, 0.3) is 0 Å². The predicted molar refractivity (Wildman–Crippen MR) is 136 cm³/mol. The first kappa shape index (κ1) is 24.1. The van der Waals surface area contributed by atoms with Crippen molar-refractivity contribution in [3.05, 3.63) is 47.5 Å². The molecule has 1 aliphatic heterocycles. The molecule has 1 fully saturated rings. The fourth-order valence-corrected chi connectivity index (χ4v) is 5.15. The Hall–Kier alpha value is -2.99. The van der Waals surface area contributed by atoms with Gasteiger partial charge < -0.3 is 24.5 Å². The Morgan fingerprint density at radius 2 is 1.76 bits per heavy atom. The molecule has 1 amide bonds. The Balaban J connectivity index is 1.64. The third-order valence-corrected chi connectivity index (χ3v) is 6.90. The molecule has 1 atom stereocenters. The van der Waals surface area contributed by atoms with E-state index in [1.807, 2.05) is 17.0 Å². The number of aromatic amines is 1. The number of likely N-dealkylation sites (tertiary alicyclic amines) is 1. The zero-order chi connectivity index (χ0) is 24.4. The molecule has 6 nitrogen and oxygen atoms in total. The minimum atomic E-state index is -0.587. The van der Waals surface area contributed by atoms with Gasteiger partial charge in [-0.1, -0.05) is 19.9 Å². The van der Waals surface area contributed by atoms with Gasteiger partial charge in [0, 0.05) is 29.6 Å². The molecule has 1 aromatic heterocycles. The summed E-state index contributed by atoms with van der Waals surface area (Å²) >= 11 is 0. The topological polar surface area (TPSA) is 74.8 Å². The number of methoxy groups -OCH3 is 2. The van der Waals surface area contributed by atoms with Crippen LogP contribution in [0.3, 0.4) is 0 Å². The number of carbonyl (C=O) groups is 1. The number of carbonyl (C=O) groups excluding carboxylic acids is 1. The molecule has 4 rings (SSSR count). The number of H-pyrrole nitrogens is 1. The summed E-state index contributed by atoms with van der Waals surface area (Å²) in [6.07, 6.45) is 1.51. The van der Waals surface area contributed by atoms with E-state index in [-0.39, 0.29) is 12.3 Å². The molecule has 0 spiro atoms. The molecule has 1 aliphatic rings. The highest BCUT2D eigenvalue weighted by molar-refractivity contribution is 5.92. The van der Waals surface area contributed by atoms with Crippen LogP contribution in [0.5, 0.6) is 11.5 Å². The number of aromatic nitrogens is 1. The molecule has 182 valence electrons. The van der Waals surface area contributed by atoms with Gasteiger partial charge in [0.15, 0.2) is 11.5 Å². The molecular weight excluding hydrogens is 428 g/mol. The highest BCUT2D eigenvalue weighted by Gasteiger charge is 2.25. The maximum Gasteiger partial charge on any atom is 0.225 e. The summed E-state index contributed by atoms with van der Waals surface area (Å²) in [7, 11) is 3.31. The Morgan fingerprint density at radius 1 is 1.06 bits per heavy atom. The van der Waals surface area contributed by atoms with Crippen LogP contribution in [0.1, 0.15) is 63.0 Å². The summed E-state index contributed by atoms with van der Waals surface area (Å²) < 4.78 is 11.0. The van der Waals surface area contributed by atoms with Crippen LogP contribution in [0.15, 0.2) is 36.4 Å². The highest BCUT2D eigenvalue weighted by Crippen LogP contribution is 2.40. The molecule has 2 aromatic carbocycles. The van der Waals surface area contributed by atoms with Gasteiger partial charge in [-0.3, -0.25) is 4.79 Å². The number of hydrogen-bond acceptors (Lipinski definition) is 4. The quantitative estimate of drug-likeness (QED) is 0.487. The van der Waals surface area contributed by atoms with Crippen LogP contribution in [0.2, 0.25) is 0 Å². The van der Waals surface area contributed by atoms with Gasteiger partial charge in [-0.2, -0.15) is 0 Å². The number of benzene rings is 2. The summed E-state index contributed by atoms with van der Waals surface area (Å²) in [6, 6.07) is 12.8. The van der Waals surface area contributed by atoms with E-state index < -0.39 is 6.10 Å². The summed E-state index contributed by atoms with van der Waals surface area (Å²) in [5, 5.41) is 10.8. The van der Waals surface area contributed by atoms with Crippen LogP contribution in [0, 0.1) is 0 Å². The lowest BCUT2D eigenvalue weighted by molar-refractivity contribution is -0.134. The molecule has 6 heteroatoms. The number of fused-ring (bicyclic) bond motifs is 1. The number of aliphatic hydroxyl groups is 1. The molecular formula is C28H36N2O4. The van der Waals surface area contributed by atoms with Crippen molar-refractivity contribution in [2.24, 2.45) is 0 Å². The van der Waals surface area contributed by atoms with E-state index in [0.717, 1.165) is 42.7 Å². The Bertz CT molecular complexity index is 1160. The van der Waals surface area contributed by atoms with Crippen LogP contribution in [0.4, 0.5) is 0 Å². The second kappa shape index (κ2) is 10.1. The molecule has 0 bridgehead atoms. The molecule has 0 saturated carbocycles. The van der Waals surface area contributed by atoms with Gasteiger partial charge in [-0.15, -0.1) is 0 Å². The summed E-state index contributed by atoms with van der Waals surface area (Å²) in [5.41, 5.74) is 5.94. The first-order chi connectivity index (χ1) is 16.3. The van der Waals surface area contributed by atoms with Crippen molar-refractivity contribution in [1.29, 1.82) is 0 Å². The lowest BCUT2D eigenvalue weighted by atomic mass is 9.87. The van der Waals surface area contributed by atoms with Crippen LogP contribution in [-0.2, 0) is 4.79 Å². The van der Waals surface area contributed by atoms with Gasteiger partial charge in [-0.05, 0) is 73.1 Å². The van der Waals surface area contributed by atoms with E-state index in [2.05, 4.69) is 43.1 Å². The zero-order valence-electron chi connectivity index (χ0n) is 20.9. The van der Waals surface area contributed by atoms with Crippen LogP contribution < -0.4 is 9.47 Å². The lowest BCUT2D eigenvalue weighted by Crippen LogP contribution is -2.39. The molecule has 1 saturated heterocycles. The average Bonchev–Trinajstić information content (AvgIpc) is 3.22. The fourth-order valence-electron chi connectivity index (χ4n) is 5.15. The minimum Gasteiger partial charge on any atom is -0.493 e. The van der Waals surface area contributed by atoms with E-state index in [1.54, 1.807) is 21.1 Å². The van der Waals surface area contributed by atoms with E-state index in [4.69, 9.17) is 9.47 Å². The summed E-state index contributed by atoms with van der Waals surface area (Å²) in [4.78, 5) is 17.9. The molecule has 0 radical (unpaired) electrons. The maximum absolute atomic E-state index is 12.3. The summed E-state index contributed by atoms with van der Waals surface area (Å²) in [5.74, 6) is 2.25. The Morgan fingerprint density at radius 3 is 2.38 bits per heavy atom. The van der Waals surface area contributed by atoms with Gasteiger partial charge in [0.2, 0.25) is 5.91 Å². The zero-order valence-corrected chi connectivity index (χ0v) is 20.9. The second-order valence-corrected chi connectivity index (χ2v) is 9.65. The fraction of sp³-hybridized carbons (Fsp3) is 0.464. The number of piperidine rings is 1. The van der Waals surface area contributed by atoms with Gasteiger partial charge in [0.05, 0.1) is 32.4 Å². The molecule has 34 heavy (non-hydrogen) atoms. The number of hydrogen-bond donors (Lipinski definition) is 2. The van der Waals surface area contributed by atoms with Crippen molar-refractivity contribution in [2.45, 2.75) is 58.0 Å². The van der Waals surface area contributed by atoms with Crippen molar-refractivity contribution in [3.8, 4) is 22.8 Å². The molecule has 2 N–H and O–H groups in total. The first-order valence-electron chi connectivity index (χ1n) is 12.2. The largest absolute Gasteiger partial charge is 0.493 e. The standard InChI is InChI=1S/C28H36N2O4/c1-17(2)27-22-15-20(19-10-12-30(13-11-19)26(32)14-18(3)31)6-8-23(22)29-28(27)21-7-9-24(33-4)25(16-21)34-5/h6-9,15-19,29,31H,10-14H2,1-5H3/t18-/m0/s1. The number of nitrogens with zero attached hydrogens (tertiary/aromatic N) is 1. The number of nitrogens with one attached hydrogen (secondary N) is 1. The smallest absolute Gasteiger partial charge is 0.225 e. The first-order valence-corrected chi connectivity index (χ1v) is 12.2. The second-order valence-electron chi connectivity index (χ2n) is 9.65. The van der Waals surface area contributed by atoms with E-state index in [9.17, 15) is 9.90 Å². The third kappa shape index (κ3) is 4.78. The van der Waals surface area contributed by atoms with Crippen molar-refractivity contribution in [1.82, 2.24) is 9.88 Å². The van der Waals surface area contributed by atoms with E-state index >= 15 is 0 Å². The maximum atomic E-state index is 12.3. The Labute approximate surface area is 201 Å². The number of ether oxygens (including phenoxy) is 2. The third-order valence-electron chi connectivity index (χ3n) is 6.90. The average molecular weight is 465 g/mol. The van der Waals surface area contributed by atoms with Crippen molar-refractivity contribution in [2.75, 3.05) is 27.3 Å².